The number of halogens is 4. The minimum Gasteiger partial charge on any atom is -0.493 e. The van der Waals surface area contributed by atoms with E-state index in [0.717, 1.165) is 0 Å². The predicted octanol–water partition coefficient (Wildman–Crippen LogP) is 3.24. The minimum absolute atomic E-state index is 0.105. The molecule has 0 aromatic carbocycles. The highest BCUT2D eigenvalue weighted by Gasteiger charge is 2.18. The zero-order valence-corrected chi connectivity index (χ0v) is 10.8. The predicted molar refractivity (Wildman–Crippen MR) is 61.2 cm³/mol. The number of hydrogen-bond acceptors (Lipinski definition) is 2. The van der Waals surface area contributed by atoms with E-state index >= 15 is 0 Å². The Morgan fingerprint density at radius 2 is 2.08 bits per heavy atom. The molecule has 0 atom stereocenters. The second-order valence-electron chi connectivity index (χ2n) is 2.16. The minimum atomic E-state index is -2.53. The van der Waals surface area contributed by atoms with Crippen molar-refractivity contribution < 1.29 is 13.5 Å². The van der Waals surface area contributed by atoms with Crippen LogP contribution in [0, 0.1) is 7.40 Å². The maximum atomic E-state index is 12.5. The van der Waals surface area contributed by atoms with Gasteiger partial charge in [0.15, 0.2) is 5.75 Å². The van der Waals surface area contributed by atoms with Crippen LogP contribution in [0.25, 0.3) is 0 Å². The molecule has 6 heteroatoms. The van der Waals surface area contributed by atoms with E-state index in [1.807, 2.05) is 45.2 Å². The lowest BCUT2D eigenvalue weighted by Gasteiger charge is -2.09. The number of pyridine rings is 1. The molecule has 1 aromatic heterocycles. The molecule has 1 aromatic rings. The van der Waals surface area contributed by atoms with Gasteiger partial charge in [-0.15, -0.1) is 0 Å². The van der Waals surface area contributed by atoms with Crippen molar-refractivity contribution in [3.05, 3.63) is 19.0 Å². The fourth-order valence-corrected chi connectivity index (χ4v) is 2.68. The summed E-state index contributed by atoms with van der Waals surface area (Å²) in [6.07, 6.45) is -2.53. The lowest BCUT2D eigenvalue weighted by Crippen LogP contribution is -1.99. The van der Waals surface area contributed by atoms with E-state index < -0.39 is 6.43 Å². The van der Waals surface area contributed by atoms with Crippen molar-refractivity contribution in [3.8, 4) is 5.75 Å². The van der Waals surface area contributed by atoms with Crippen molar-refractivity contribution in [2.75, 3.05) is 7.11 Å². The fraction of sp³-hybridized carbons (Fsp3) is 0.286. The maximum absolute atomic E-state index is 12.5. The van der Waals surface area contributed by atoms with Gasteiger partial charge in [0, 0.05) is 0 Å². The molecule has 2 nitrogen and oxygen atoms in total. The third kappa shape index (κ3) is 2.61. The smallest absolute Gasteiger partial charge is 0.267 e. The zero-order valence-electron chi connectivity index (χ0n) is 6.52. The molecule has 0 aliphatic rings. The Morgan fingerprint density at radius 3 is 2.54 bits per heavy atom. The summed E-state index contributed by atoms with van der Waals surface area (Å²) in [7, 11) is 1.36. The van der Waals surface area contributed by atoms with Crippen LogP contribution in [0.5, 0.6) is 5.75 Å². The van der Waals surface area contributed by atoms with Gasteiger partial charge in [0.05, 0.1) is 12.7 Å². The highest BCUT2D eigenvalue weighted by Crippen LogP contribution is 2.32. The molecule has 1 rings (SSSR count). The second kappa shape index (κ2) is 4.67. The average molecular weight is 411 g/mol. The summed E-state index contributed by atoms with van der Waals surface area (Å²) >= 11 is 3.76. The van der Waals surface area contributed by atoms with E-state index in [9.17, 15) is 8.78 Å². The van der Waals surface area contributed by atoms with Crippen LogP contribution < -0.4 is 4.74 Å². The molecule has 13 heavy (non-hydrogen) atoms. The first kappa shape index (κ1) is 11.3. The average Bonchev–Trinajstić information content (AvgIpc) is 2.02. The van der Waals surface area contributed by atoms with Crippen molar-refractivity contribution in [3.63, 3.8) is 0 Å². The van der Waals surface area contributed by atoms with Crippen molar-refractivity contribution in [1.82, 2.24) is 4.98 Å². The molecule has 0 N–H and O–H groups in total. The Labute approximate surface area is 101 Å². The Kier molecular flexibility index (Phi) is 4.07. The molecular weight excluding hydrogens is 406 g/mol. The number of ether oxygens (including phenoxy) is 1. The van der Waals surface area contributed by atoms with Crippen LogP contribution in [0.1, 0.15) is 12.0 Å². The number of hydrogen-bond donors (Lipinski definition) is 0. The highest BCUT2D eigenvalue weighted by molar-refractivity contribution is 14.1. The molecule has 0 unspecified atom stereocenters. The fourth-order valence-electron chi connectivity index (χ4n) is 0.854. The summed E-state index contributed by atoms with van der Waals surface area (Å²) in [5, 5.41) is 0. The summed E-state index contributed by atoms with van der Waals surface area (Å²) in [4.78, 5) is 4.00. The molecule has 0 aliphatic carbocycles. The third-order valence-corrected chi connectivity index (χ3v) is 2.65. The molecule has 0 saturated heterocycles. The lowest BCUT2D eigenvalue weighted by atomic mass is 10.2. The van der Waals surface area contributed by atoms with Gasteiger partial charge in [-0.25, -0.2) is 13.8 Å². The van der Waals surface area contributed by atoms with Crippen LogP contribution in [0.15, 0.2) is 6.07 Å². The van der Waals surface area contributed by atoms with Crippen LogP contribution >= 0.6 is 45.2 Å². The number of nitrogens with zero attached hydrogens (tertiary/aromatic N) is 1. The van der Waals surface area contributed by atoms with E-state index in [0.29, 0.717) is 7.40 Å². The van der Waals surface area contributed by atoms with Crippen molar-refractivity contribution in [2.45, 2.75) is 6.43 Å². The van der Waals surface area contributed by atoms with Gasteiger partial charge in [-0.05, 0) is 51.2 Å². The normalized spacial score (nSPS) is 10.6. The van der Waals surface area contributed by atoms with Crippen LogP contribution in [0.2, 0.25) is 0 Å². The molecule has 0 spiro atoms. The van der Waals surface area contributed by atoms with E-state index in [2.05, 4.69) is 4.98 Å². The number of aromatic nitrogens is 1. The second-order valence-corrected chi connectivity index (χ2v) is 4.29. The molecule has 1 heterocycles. The summed E-state index contributed by atoms with van der Waals surface area (Å²) in [5.41, 5.74) is -0.105. The summed E-state index contributed by atoms with van der Waals surface area (Å²) in [6, 6.07) is 1.33. The van der Waals surface area contributed by atoms with Crippen molar-refractivity contribution in [2.24, 2.45) is 0 Å². The lowest BCUT2D eigenvalue weighted by molar-refractivity contribution is 0.146. The molecule has 0 saturated carbocycles. The van der Waals surface area contributed by atoms with Crippen molar-refractivity contribution >= 4 is 45.2 Å². The molecule has 0 radical (unpaired) electrons. The third-order valence-electron chi connectivity index (χ3n) is 1.37. The van der Waals surface area contributed by atoms with Crippen LogP contribution in [0.3, 0.4) is 0 Å². The van der Waals surface area contributed by atoms with E-state index in [1.165, 1.54) is 13.2 Å². The first-order valence-electron chi connectivity index (χ1n) is 3.24. The first-order valence-corrected chi connectivity index (χ1v) is 5.40. The van der Waals surface area contributed by atoms with Gasteiger partial charge in [0.1, 0.15) is 7.40 Å². The van der Waals surface area contributed by atoms with Gasteiger partial charge >= 0.3 is 0 Å². The van der Waals surface area contributed by atoms with Crippen LogP contribution in [-0.4, -0.2) is 12.1 Å². The Morgan fingerprint density at radius 1 is 1.46 bits per heavy atom. The quantitative estimate of drug-likeness (QED) is 0.551. The molecule has 0 bridgehead atoms. The van der Waals surface area contributed by atoms with Gasteiger partial charge in [0.2, 0.25) is 0 Å². The van der Waals surface area contributed by atoms with Gasteiger partial charge in [-0.1, -0.05) is 0 Å². The van der Waals surface area contributed by atoms with Crippen LogP contribution in [-0.2, 0) is 0 Å². The van der Waals surface area contributed by atoms with Crippen LogP contribution in [0.4, 0.5) is 8.78 Å². The van der Waals surface area contributed by atoms with E-state index in [1.54, 1.807) is 0 Å². The van der Waals surface area contributed by atoms with Gasteiger partial charge in [-0.2, -0.15) is 0 Å². The Hall–Kier alpha value is 0.270. The van der Waals surface area contributed by atoms with Crippen molar-refractivity contribution in [1.29, 1.82) is 0 Å². The summed E-state index contributed by atoms with van der Waals surface area (Å²) in [5.74, 6) is 0.163. The highest BCUT2D eigenvalue weighted by atomic mass is 127. The first-order chi connectivity index (χ1) is 6.06. The largest absolute Gasteiger partial charge is 0.493 e. The monoisotopic (exact) mass is 411 g/mol. The summed E-state index contributed by atoms with van der Waals surface area (Å²) in [6.45, 7) is 0. The summed E-state index contributed by atoms with van der Waals surface area (Å²) < 4.78 is 30.8. The molecule has 0 amide bonds. The van der Waals surface area contributed by atoms with Gasteiger partial charge in [0.25, 0.3) is 6.43 Å². The molecule has 0 aliphatic heterocycles. The standard InChI is InChI=1S/C7H5F2I2NO/c1-13-5-3(6(8)9)2-4(10)12-7(5)11/h2,6H,1H3. The topological polar surface area (TPSA) is 22.1 Å². The van der Waals surface area contributed by atoms with E-state index in [-0.39, 0.29) is 11.3 Å². The van der Waals surface area contributed by atoms with Gasteiger partial charge < -0.3 is 4.74 Å². The molecular formula is C7H5F2I2NO. The molecule has 0 fully saturated rings. The number of methoxy groups -OCH3 is 1. The Balaban J connectivity index is 3.29. The molecule has 72 valence electrons. The Bertz CT molecular complexity index is 320. The van der Waals surface area contributed by atoms with Gasteiger partial charge in [-0.3, -0.25) is 0 Å². The van der Waals surface area contributed by atoms with E-state index in [4.69, 9.17) is 4.74 Å². The SMILES string of the molecule is COc1c(C(F)F)cc(I)nc1I. The zero-order chi connectivity index (χ0) is 10.0. The number of rotatable bonds is 2. The maximum Gasteiger partial charge on any atom is 0.267 e. The number of alkyl halides is 2.